The van der Waals surface area contributed by atoms with Crippen LogP contribution in [0.3, 0.4) is 0 Å². The van der Waals surface area contributed by atoms with E-state index in [-0.39, 0.29) is 11.1 Å². The average Bonchev–Trinajstić information content (AvgIpc) is 3.51. The number of aromatic hydroxyl groups is 1. The summed E-state index contributed by atoms with van der Waals surface area (Å²) in [7, 11) is -2.66. The number of phenols is 1. The van der Waals surface area contributed by atoms with Crippen LogP contribution < -0.4 is 10.4 Å². The number of ether oxygens (including phenoxy) is 1. The van der Waals surface area contributed by atoms with Gasteiger partial charge >= 0.3 is 0 Å². The molecule has 228 valence electrons. The van der Waals surface area contributed by atoms with Gasteiger partial charge in [0.2, 0.25) is 0 Å². The standard InChI is InChI=1S/C40H46O3Si/c1-6-15-31(28-32-23-24-38(41)37-21-14-13-20-36(32)37)22-25-39-35(26-27-42-39)30(2)29-43-44(40(3,4)5,33-16-9-7-10-17-33)34-18-11-8-12-19-34/h7-14,16-21,23-24,26,28,39,41H,2,6,15,22,25,27,29H2,1,3-5H3/b31-28+. The summed E-state index contributed by atoms with van der Waals surface area (Å²) in [6.07, 6.45) is 8.44. The smallest absolute Gasteiger partial charge is 0.261 e. The first kappa shape index (κ1) is 31.7. The third-order valence-corrected chi connectivity index (χ3v) is 13.8. The molecule has 0 aliphatic carbocycles. The van der Waals surface area contributed by atoms with Crippen molar-refractivity contribution in [2.24, 2.45) is 0 Å². The first-order valence-corrected chi connectivity index (χ1v) is 17.8. The van der Waals surface area contributed by atoms with Crippen LogP contribution in [0.4, 0.5) is 0 Å². The normalized spacial score (nSPS) is 15.9. The number of rotatable bonds is 12. The van der Waals surface area contributed by atoms with E-state index in [1.807, 2.05) is 24.3 Å². The highest BCUT2D eigenvalue weighted by atomic mass is 28.4. The minimum Gasteiger partial charge on any atom is -0.507 e. The first-order valence-electron chi connectivity index (χ1n) is 15.9. The number of phenolic OH excluding ortho intramolecular Hbond substituents is 1. The molecular weight excluding hydrogens is 557 g/mol. The van der Waals surface area contributed by atoms with Gasteiger partial charge in [0.1, 0.15) is 5.75 Å². The largest absolute Gasteiger partial charge is 0.507 e. The summed E-state index contributed by atoms with van der Waals surface area (Å²) in [5, 5.41) is 14.8. The molecule has 0 saturated carbocycles. The SMILES string of the molecule is C=C(CO[Si](c1ccccc1)(c1ccccc1)C(C)(C)C)C1=CCOC1CC/C(=C/c1ccc(O)c2ccccc12)CCC. The summed E-state index contributed by atoms with van der Waals surface area (Å²) in [6.45, 7) is 14.8. The Morgan fingerprint density at radius 2 is 1.50 bits per heavy atom. The van der Waals surface area contributed by atoms with Crippen LogP contribution in [-0.4, -0.2) is 32.7 Å². The van der Waals surface area contributed by atoms with E-state index in [2.05, 4.69) is 113 Å². The molecule has 3 nitrogen and oxygen atoms in total. The van der Waals surface area contributed by atoms with Crippen molar-refractivity contribution in [1.82, 2.24) is 0 Å². The second-order valence-corrected chi connectivity index (χ2v) is 17.2. The highest BCUT2D eigenvalue weighted by molar-refractivity contribution is 6.99. The Labute approximate surface area is 264 Å². The minimum atomic E-state index is -2.66. The molecule has 0 spiro atoms. The lowest BCUT2D eigenvalue weighted by atomic mass is 9.94. The van der Waals surface area contributed by atoms with Crippen molar-refractivity contribution >= 4 is 35.5 Å². The summed E-state index contributed by atoms with van der Waals surface area (Å²) < 4.78 is 13.5. The lowest BCUT2D eigenvalue weighted by molar-refractivity contribution is 0.115. The van der Waals surface area contributed by atoms with Crippen molar-refractivity contribution in [3.8, 4) is 5.75 Å². The molecule has 0 bridgehead atoms. The highest BCUT2D eigenvalue weighted by Gasteiger charge is 2.50. The van der Waals surface area contributed by atoms with Gasteiger partial charge in [0.15, 0.2) is 0 Å². The summed E-state index contributed by atoms with van der Waals surface area (Å²) in [4.78, 5) is 0. The summed E-state index contributed by atoms with van der Waals surface area (Å²) in [5.41, 5.74) is 4.72. The third kappa shape index (κ3) is 6.68. The molecule has 1 aliphatic rings. The fourth-order valence-corrected chi connectivity index (χ4v) is 11.2. The zero-order valence-electron chi connectivity index (χ0n) is 26.7. The maximum Gasteiger partial charge on any atom is 0.261 e. The van der Waals surface area contributed by atoms with Gasteiger partial charge in [-0.05, 0) is 62.8 Å². The lowest BCUT2D eigenvalue weighted by Crippen LogP contribution is -2.66. The molecule has 5 rings (SSSR count). The second kappa shape index (κ2) is 13.9. The molecule has 0 radical (unpaired) electrons. The molecule has 0 aromatic heterocycles. The van der Waals surface area contributed by atoms with Crippen molar-refractivity contribution in [2.75, 3.05) is 13.2 Å². The molecule has 4 aromatic rings. The van der Waals surface area contributed by atoms with Crippen molar-refractivity contribution in [3.05, 3.63) is 132 Å². The zero-order chi connectivity index (χ0) is 31.2. The zero-order valence-corrected chi connectivity index (χ0v) is 27.7. The Morgan fingerprint density at radius 3 is 2.11 bits per heavy atom. The van der Waals surface area contributed by atoms with E-state index >= 15 is 0 Å². The molecule has 0 saturated heterocycles. The van der Waals surface area contributed by atoms with Gasteiger partial charge < -0.3 is 14.3 Å². The predicted octanol–water partition coefficient (Wildman–Crippen LogP) is 8.97. The van der Waals surface area contributed by atoms with E-state index in [1.165, 1.54) is 21.5 Å². The van der Waals surface area contributed by atoms with Crippen LogP contribution in [0.1, 0.15) is 58.9 Å². The molecule has 44 heavy (non-hydrogen) atoms. The van der Waals surface area contributed by atoms with Gasteiger partial charge in [0.05, 0.1) is 19.3 Å². The Balaban J connectivity index is 1.34. The summed E-state index contributed by atoms with van der Waals surface area (Å²) in [5.74, 6) is 0.322. The first-order chi connectivity index (χ1) is 21.2. The van der Waals surface area contributed by atoms with Crippen LogP contribution in [0.2, 0.25) is 5.04 Å². The van der Waals surface area contributed by atoms with Gasteiger partial charge in [-0.1, -0.05) is 149 Å². The molecule has 1 N–H and O–H groups in total. The lowest BCUT2D eigenvalue weighted by Gasteiger charge is -2.43. The Hall–Kier alpha value is -3.70. The molecule has 0 fully saturated rings. The molecule has 4 aromatic carbocycles. The van der Waals surface area contributed by atoms with E-state index in [9.17, 15) is 5.11 Å². The van der Waals surface area contributed by atoms with Crippen LogP contribution in [0, 0.1) is 0 Å². The average molecular weight is 603 g/mol. The number of hydrogen-bond acceptors (Lipinski definition) is 3. The van der Waals surface area contributed by atoms with Gasteiger partial charge in [-0.15, -0.1) is 0 Å². The van der Waals surface area contributed by atoms with Crippen LogP contribution in [0.25, 0.3) is 16.8 Å². The molecule has 1 heterocycles. The quantitative estimate of drug-likeness (QED) is 0.165. The number of fused-ring (bicyclic) bond motifs is 1. The molecule has 4 heteroatoms. The number of benzene rings is 4. The van der Waals surface area contributed by atoms with E-state index in [4.69, 9.17) is 9.16 Å². The fraction of sp³-hybridized carbons (Fsp3) is 0.300. The third-order valence-electron chi connectivity index (χ3n) is 8.83. The Kier molecular flexibility index (Phi) is 10.0. The van der Waals surface area contributed by atoms with E-state index < -0.39 is 8.32 Å². The second-order valence-electron chi connectivity index (χ2n) is 12.8. The molecule has 1 atom stereocenters. The van der Waals surface area contributed by atoms with Crippen LogP contribution in [0.5, 0.6) is 5.75 Å². The number of allylic oxidation sites excluding steroid dienone is 1. The van der Waals surface area contributed by atoms with Crippen molar-refractivity contribution in [3.63, 3.8) is 0 Å². The molecule has 1 unspecified atom stereocenters. The maximum atomic E-state index is 10.4. The van der Waals surface area contributed by atoms with Crippen molar-refractivity contribution in [1.29, 1.82) is 0 Å². The van der Waals surface area contributed by atoms with Crippen LogP contribution in [0.15, 0.2) is 126 Å². The van der Waals surface area contributed by atoms with E-state index in [0.29, 0.717) is 19.0 Å². The van der Waals surface area contributed by atoms with Gasteiger partial charge in [-0.25, -0.2) is 0 Å². The van der Waals surface area contributed by atoms with E-state index in [1.54, 1.807) is 6.07 Å². The predicted molar refractivity (Wildman–Crippen MR) is 188 cm³/mol. The van der Waals surface area contributed by atoms with Gasteiger partial charge in [0.25, 0.3) is 8.32 Å². The summed E-state index contributed by atoms with van der Waals surface area (Å²) in [6, 6.07) is 33.4. The fourth-order valence-electron chi connectivity index (χ4n) is 6.69. The topological polar surface area (TPSA) is 38.7 Å². The van der Waals surface area contributed by atoms with Crippen LogP contribution >= 0.6 is 0 Å². The minimum absolute atomic E-state index is 0.00192. The van der Waals surface area contributed by atoms with Crippen molar-refractivity contribution < 1.29 is 14.3 Å². The molecule has 1 aliphatic heterocycles. The Morgan fingerprint density at radius 1 is 0.886 bits per heavy atom. The van der Waals surface area contributed by atoms with Gasteiger partial charge in [-0.3, -0.25) is 0 Å². The molecular formula is C40H46O3Si. The maximum absolute atomic E-state index is 10.4. The van der Waals surface area contributed by atoms with E-state index in [0.717, 1.165) is 47.6 Å². The summed E-state index contributed by atoms with van der Waals surface area (Å²) >= 11 is 0. The monoisotopic (exact) mass is 602 g/mol. The van der Waals surface area contributed by atoms with Gasteiger partial charge in [0, 0.05) is 5.39 Å². The van der Waals surface area contributed by atoms with Crippen molar-refractivity contribution in [2.45, 2.75) is 64.5 Å². The molecule has 0 amide bonds. The highest BCUT2D eigenvalue weighted by Crippen LogP contribution is 2.38. The van der Waals surface area contributed by atoms with Crippen LogP contribution in [-0.2, 0) is 9.16 Å². The van der Waals surface area contributed by atoms with Gasteiger partial charge in [-0.2, -0.15) is 0 Å². The Bertz CT molecular complexity index is 1590. The number of hydrogen-bond donors (Lipinski definition) is 1.